The molecule has 0 saturated carbocycles. The van der Waals surface area contributed by atoms with Gasteiger partial charge in [-0.15, -0.1) is 0 Å². The molecule has 0 spiro atoms. The highest BCUT2D eigenvalue weighted by Gasteiger charge is 2.34. The van der Waals surface area contributed by atoms with E-state index in [1.807, 2.05) is 6.07 Å². The predicted molar refractivity (Wildman–Crippen MR) is 41.2 cm³/mol. The van der Waals surface area contributed by atoms with E-state index in [-0.39, 0.29) is 25.2 Å². The highest BCUT2D eigenvalue weighted by molar-refractivity contribution is 6.19. The van der Waals surface area contributed by atoms with E-state index in [9.17, 15) is 9.18 Å². The van der Waals surface area contributed by atoms with Crippen molar-refractivity contribution in [1.82, 2.24) is 4.90 Å². The Bertz CT molecular complexity index is 228. The normalized spacial score (nSPS) is 28.5. The molecule has 0 bridgehead atoms. The summed E-state index contributed by atoms with van der Waals surface area (Å²) < 4.78 is 12.7. The van der Waals surface area contributed by atoms with Crippen molar-refractivity contribution in [2.75, 3.05) is 6.54 Å². The smallest absolute Gasteiger partial charge is 0.215 e. The van der Waals surface area contributed by atoms with Crippen molar-refractivity contribution < 1.29 is 9.18 Å². The van der Waals surface area contributed by atoms with Crippen LogP contribution in [0.1, 0.15) is 6.42 Å². The second kappa shape index (κ2) is 3.57. The number of amides is 1. The fourth-order valence-electron chi connectivity index (χ4n) is 1.30. The van der Waals surface area contributed by atoms with Gasteiger partial charge in [0.05, 0.1) is 20.5 Å². The van der Waals surface area contributed by atoms with Crippen molar-refractivity contribution in [1.29, 1.82) is 5.26 Å². The van der Waals surface area contributed by atoms with Gasteiger partial charge in [0.15, 0.2) is 0 Å². The summed E-state index contributed by atoms with van der Waals surface area (Å²) in [6.45, 7) is 0.00819. The lowest BCUT2D eigenvalue weighted by Gasteiger charge is -2.17. The second-order valence-corrected chi connectivity index (χ2v) is 2.73. The van der Waals surface area contributed by atoms with Crippen molar-refractivity contribution in [3.05, 3.63) is 0 Å². The first kappa shape index (κ1) is 9.05. The number of carbonyl (C=O) groups excluding carboxylic acids is 1. The number of carbonyl (C=O) groups is 1. The molecule has 0 aliphatic carbocycles. The van der Waals surface area contributed by atoms with Crippen LogP contribution in [0.5, 0.6) is 0 Å². The van der Waals surface area contributed by atoms with Crippen LogP contribution in [0, 0.1) is 11.3 Å². The van der Waals surface area contributed by atoms with E-state index in [2.05, 4.69) is 0 Å². The Hall–Kier alpha value is -1.05. The third-order valence-electron chi connectivity index (χ3n) is 1.89. The van der Waals surface area contributed by atoms with Gasteiger partial charge in [0.1, 0.15) is 12.2 Å². The Balaban J connectivity index is 2.65. The fraction of sp³-hybridized carbons (Fsp3) is 0.714. The average molecular weight is 166 g/mol. The van der Waals surface area contributed by atoms with Gasteiger partial charge in [-0.2, -0.15) is 5.26 Å². The lowest BCUT2D eigenvalue weighted by atomic mass is 10.0. The van der Waals surface area contributed by atoms with E-state index >= 15 is 0 Å². The lowest BCUT2D eigenvalue weighted by molar-refractivity contribution is -0.128. The van der Waals surface area contributed by atoms with Crippen molar-refractivity contribution in [2.24, 2.45) is 0 Å². The molecular formula is C7H8BFN2O. The van der Waals surface area contributed by atoms with Gasteiger partial charge in [-0.25, -0.2) is 4.39 Å². The summed E-state index contributed by atoms with van der Waals surface area (Å²) in [7, 11) is 5.09. The molecule has 1 saturated heterocycles. The van der Waals surface area contributed by atoms with Crippen LogP contribution in [-0.2, 0) is 4.79 Å². The molecule has 1 heterocycles. The molecule has 1 rings (SSSR count). The summed E-state index contributed by atoms with van der Waals surface area (Å²) in [6, 6.07) is 1.24. The van der Waals surface area contributed by atoms with Gasteiger partial charge >= 0.3 is 0 Å². The van der Waals surface area contributed by atoms with Crippen molar-refractivity contribution in [3.8, 4) is 6.07 Å². The number of hydrogen-bond donors (Lipinski definition) is 0. The van der Waals surface area contributed by atoms with E-state index in [1.54, 1.807) is 0 Å². The third kappa shape index (κ3) is 1.58. The first-order chi connectivity index (χ1) is 5.69. The summed E-state index contributed by atoms with van der Waals surface area (Å²) in [5, 5.41) is 8.55. The molecule has 0 aromatic heterocycles. The molecule has 62 valence electrons. The Kier molecular flexibility index (Phi) is 2.69. The quantitative estimate of drug-likeness (QED) is 0.516. The number of halogens is 1. The standard InChI is InChI=1S/C7H8BFN2O/c8-2-7(12)11-4-5(9)1-6(11)3-10/h5-6H,1-2,4H2/t5-,6-/m0/s1. The van der Waals surface area contributed by atoms with Gasteiger partial charge in [-0.3, -0.25) is 4.79 Å². The Morgan fingerprint density at radius 2 is 2.50 bits per heavy atom. The van der Waals surface area contributed by atoms with Crippen molar-refractivity contribution in [2.45, 2.75) is 25.0 Å². The zero-order valence-corrected chi connectivity index (χ0v) is 6.53. The van der Waals surface area contributed by atoms with Gasteiger partial charge in [-0.05, 0) is 6.32 Å². The monoisotopic (exact) mass is 166 g/mol. The van der Waals surface area contributed by atoms with E-state index < -0.39 is 12.2 Å². The third-order valence-corrected chi connectivity index (χ3v) is 1.89. The minimum Gasteiger partial charge on any atom is -0.324 e. The largest absolute Gasteiger partial charge is 0.324 e. The zero-order valence-electron chi connectivity index (χ0n) is 6.53. The molecular weight excluding hydrogens is 158 g/mol. The Labute approximate surface area is 71.6 Å². The first-order valence-electron chi connectivity index (χ1n) is 3.72. The molecule has 2 atom stereocenters. The molecule has 5 heteroatoms. The Morgan fingerprint density at radius 1 is 1.83 bits per heavy atom. The summed E-state index contributed by atoms with van der Waals surface area (Å²) in [6.07, 6.45) is -1.13. The molecule has 0 N–H and O–H groups in total. The predicted octanol–water partition coefficient (Wildman–Crippen LogP) is 0.0358. The summed E-state index contributed by atoms with van der Waals surface area (Å²) in [5.41, 5.74) is 0. The zero-order chi connectivity index (χ0) is 9.14. The van der Waals surface area contributed by atoms with Gasteiger partial charge in [0, 0.05) is 6.42 Å². The summed E-state index contributed by atoms with van der Waals surface area (Å²) in [4.78, 5) is 12.2. The highest BCUT2D eigenvalue weighted by atomic mass is 19.1. The molecule has 2 radical (unpaired) electrons. The minimum absolute atomic E-state index is 0.00819. The molecule has 0 aromatic rings. The number of nitriles is 1. The number of hydrogen-bond acceptors (Lipinski definition) is 2. The van der Waals surface area contributed by atoms with Crippen LogP contribution in [-0.4, -0.2) is 37.4 Å². The maximum atomic E-state index is 12.7. The molecule has 1 amide bonds. The number of alkyl halides is 1. The molecule has 0 aromatic carbocycles. The fourth-order valence-corrected chi connectivity index (χ4v) is 1.30. The maximum absolute atomic E-state index is 12.7. The number of likely N-dealkylation sites (tertiary alicyclic amines) is 1. The molecule has 1 aliphatic heterocycles. The molecule has 12 heavy (non-hydrogen) atoms. The second-order valence-electron chi connectivity index (χ2n) is 2.73. The molecule has 0 unspecified atom stereocenters. The van der Waals surface area contributed by atoms with E-state index in [4.69, 9.17) is 13.1 Å². The summed E-state index contributed by atoms with van der Waals surface area (Å²) >= 11 is 0. The van der Waals surface area contributed by atoms with Crippen LogP contribution in [0.2, 0.25) is 6.32 Å². The van der Waals surface area contributed by atoms with Gasteiger partial charge in [0.25, 0.3) is 0 Å². The van der Waals surface area contributed by atoms with Gasteiger partial charge in [-0.1, -0.05) is 0 Å². The lowest BCUT2D eigenvalue weighted by Crippen LogP contribution is -2.34. The Morgan fingerprint density at radius 3 is 3.00 bits per heavy atom. The molecule has 1 aliphatic rings. The highest BCUT2D eigenvalue weighted by Crippen LogP contribution is 2.20. The summed E-state index contributed by atoms with van der Waals surface area (Å²) in [5.74, 6) is -0.360. The van der Waals surface area contributed by atoms with E-state index in [1.165, 1.54) is 4.90 Å². The van der Waals surface area contributed by atoms with Crippen LogP contribution in [0.15, 0.2) is 0 Å². The van der Waals surface area contributed by atoms with Crippen LogP contribution >= 0.6 is 0 Å². The van der Waals surface area contributed by atoms with Crippen LogP contribution < -0.4 is 0 Å². The SMILES string of the molecule is [B]CC(=O)N1C[C@@H](F)C[C@H]1C#N. The van der Waals surface area contributed by atoms with Gasteiger partial charge in [0.2, 0.25) is 5.91 Å². The average Bonchev–Trinajstić information content (AvgIpc) is 2.45. The van der Waals surface area contributed by atoms with Gasteiger partial charge < -0.3 is 4.90 Å². The van der Waals surface area contributed by atoms with Crippen LogP contribution in [0.4, 0.5) is 4.39 Å². The number of rotatable bonds is 1. The van der Waals surface area contributed by atoms with Crippen LogP contribution in [0.25, 0.3) is 0 Å². The first-order valence-corrected chi connectivity index (χ1v) is 3.72. The van der Waals surface area contributed by atoms with Crippen molar-refractivity contribution >= 4 is 13.8 Å². The number of nitrogens with zero attached hydrogens (tertiary/aromatic N) is 2. The minimum atomic E-state index is -1.08. The van der Waals surface area contributed by atoms with E-state index in [0.717, 1.165) is 0 Å². The van der Waals surface area contributed by atoms with E-state index in [0.29, 0.717) is 0 Å². The molecule has 1 fully saturated rings. The van der Waals surface area contributed by atoms with Crippen molar-refractivity contribution in [3.63, 3.8) is 0 Å². The topological polar surface area (TPSA) is 44.1 Å². The maximum Gasteiger partial charge on any atom is 0.215 e. The van der Waals surface area contributed by atoms with Crippen LogP contribution in [0.3, 0.4) is 0 Å². The molecule has 3 nitrogen and oxygen atoms in total.